The minimum atomic E-state index is 0.230. The summed E-state index contributed by atoms with van der Waals surface area (Å²) in [6.45, 7) is 1.79. The van der Waals surface area contributed by atoms with Crippen molar-refractivity contribution in [1.29, 1.82) is 0 Å². The highest BCUT2D eigenvalue weighted by Crippen LogP contribution is 2.38. The Hall–Kier alpha value is -1.91. The summed E-state index contributed by atoms with van der Waals surface area (Å²) in [7, 11) is 4.78. The monoisotopic (exact) mass is 307 g/mol. The molecule has 1 fully saturated rings. The van der Waals surface area contributed by atoms with E-state index in [-0.39, 0.29) is 5.91 Å². The van der Waals surface area contributed by atoms with Crippen LogP contribution < -0.4 is 14.2 Å². The van der Waals surface area contributed by atoms with Crippen molar-refractivity contribution in [1.82, 2.24) is 4.90 Å². The molecule has 1 aromatic carbocycles. The van der Waals surface area contributed by atoms with Gasteiger partial charge in [0.15, 0.2) is 11.5 Å². The van der Waals surface area contributed by atoms with E-state index in [1.54, 1.807) is 21.3 Å². The maximum Gasteiger partial charge on any atom is 0.222 e. The number of nitrogens with zero attached hydrogens (tertiary/aromatic N) is 1. The van der Waals surface area contributed by atoms with Crippen LogP contribution in [0.25, 0.3) is 0 Å². The Morgan fingerprint density at radius 1 is 1.00 bits per heavy atom. The second kappa shape index (κ2) is 7.92. The predicted molar refractivity (Wildman–Crippen MR) is 84.9 cm³/mol. The minimum Gasteiger partial charge on any atom is -0.493 e. The number of hydrogen-bond donors (Lipinski definition) is 0. The van der Waals surface area contributed by atoms with Crippen LogP contribution in [0.5, 0.6) is 17.2 Å². The zero-order valence-electron chi connectivity index (χ0n) is 13.7. The molecule has 1 saturated heterocycles. The van der Waals surface area contributed by atoms with E-state index >= 15 is 0 Å². The SMILES string of the molecule is COc1cc(CCC(=O)N2CCCCC2)cc(OC)c1OC. The average Bonchev–Trinajstić information content (AvgIpc) is 2.59. The van der Waals surface area contributed by atoms with Crippen LogP contribution in [0.3, 0.4) is 0 Å². The molecule has 0 saturated carbocycles. The lowest BCUT2D eigenvalue weighted by molar-refractivity contribution is -0.132. The van der Waals surface area contributed by atoms with Gasteiger partial charge in [0.2, 0.25) is 11.7 Å². The van der Waals surface area contributed by atoms with Gasteiger partial charge in [0.1, 0.15) is 0 Å². The van der Waals surface area contributed by atoms with Crippen LogP contribution in [0, 0.1) is 0 Å². The topological polar surface area (TPSA) is 48.0 Å². The largest absolute Gasteiger partial charge is 0.493 e. The first-order valence-electron chi connectivity index (χ1n) is 7.76. The summed E-state index contributed by atoms with van der Waals surface area (Å²) in [5.41, 5.74) is 1.01. The van der Waals surface area contributed by atoms with Gasteiger partial charge in [-0.15, -0.1) is 0 Å². The summed E-state index contributed by atoms with van der Waals surface area (Å²) < 4.78 is 16.0. The number of ether oxygens (including phenoxy) is 3. The van der Waals surface area contributed by atoms with Gasteiger partial charge >= 0.3 is 0 Å². The van der Waals surface area contributed by atoms with E-state index in [0.29, 0.717) is 30.1 Å². The third-order valence-electron chi connectivity index (χ3n) is 4.06. The Balaban J connectivity index is 2.04. The summed E-state index contributed by atoms with van der Waals surface area (Å²) in [5, 5.41) is 0. The number of carbonyl (C=O) groups is 1. The number of carbonyl (C=O) groups excluding carboxylic acids is 1. The molecule has 5 nitrogen and oxygen atoms in total. The zero-order valence-corrected chi connectivity index (χ0v) is 13.7. The van der Waals surface area contributed by atoms with Crippen LogP contribution >= 0.6 is 0 Å². The smallest absolute Gasteiger partial charge is 0.222 e. The van der Waals surface area contributed by atoms with Gasteiger partial charge in [-0.1, -0.05) is 0 Å². The molecule has 0 aromatic heterocycles. The molecule has 122 valence electrons. The number of piperidine rings is 1. The molecule has 2 rings (SSSR count). The van der Waals surface area contributed by atoms with Crippen molar-refractivity contribution in [3.05, 3.63) is 17.7 Å². The molecule has 1 amide bonds. The van der Waals surface area contributed by atoms with E-state index in [1.165, 1.54) is 6.42 Å². The van der Waals surface area contributed by atoms with Crippen molar-refractivity contribution < 1.29 is 19.0 Å². The normalized spacial score (nSPS) is 14.6. The van der Waals surface area contributed by atoms with Crippen LogP contribution in [0.4, 0.5) is 0 Å². The standard InChI is InChI=1S/C17H25NO4/c1-20-14-11-13(12-15(21-2)17(14)22-3)7-8-16(19)18-9-5-4-6-10-18/h11-12H,4-10H2,1-3H3. The Morgan fingerprint density at radius 2 is 1.59 bits per heavy atom. The Morgan fingerprint density at radius 3 is 2.09 bits per heavy atom. The van der Waals surface area contributed by atoms with Crippen molar-refractivity contribution in [3.8, 4) is 17.2 Å². The van der Waals surface area contributed by atoms with E-state index in [1.807, 2.05) is 17.0 Å². The molecule has 0 unspecified atom stereocenters. The zero-order chi connectivity index (χ0) is 15.9. The molecular weight excluding hydrogens is 282 g/mol. The summed E-state index contributed by atoms with van der Waals surface area (Å²) in [4.78, 5) is 14.2. The Bertz CT molecular complexity index is 484. The third-order valence-corrected chi connectivity index (χ3v) is 4.06. The van der Waals surface area contributed by atoms with Crippen molar-refractivity contribution >= 4 is 5.91 Å². The third kappa shape index (κ3) is 3.84. The molecule has 0 aliphatic carbocycles. The molecule has 1 aromatic rings. The molecule has 1 aliphatic rings. The van der Waals surface area contributed by atoms with Crippen LogP contribution in [0.2, 0.25) is 0 Å². The van der Waals surface area contributed by atoms with Gasteiger partial charge in [0.05, 0.1) is 21.3 Å². The molecule has 0 bridgehead atoms. The number of hydrogen-bond acceptors (Lipinski definition) is 4. The summed E-state index contributed by atoms with van der Waals surface area (Å²) in [6, 6.07) is 3.82. The molecule has 0 atom stereocenters. The lowest BCUT2D eigenvalue weighted by Gasteiger charge is -2.26. The summed E-state index contributed by atoms with van der Waals surface area (Å²) in [5.74, 6) is 2.06. The Kier molecular flexibility index (Phi) is 5.92. The number of benzene rings is 1. The first kappa shape index (κ1) is 16.5. The van der Waals surface area contributed by atoms with Crippen molar-refractivity contribution in [2.75, 3.05) is 34.4 Å². The summed E-state index contributed by atoms with van der Waals surface area (Å²) >= 11 is 0. The van der Waals surface area contributed by atoms with Gasteiger partial charge in [-0.3, -0.25) is 4.79 Å². The fourth-order valence-electron chi connectivity index (χ4n) is 2.83. The average molecular weight is 307 g/mol. The fourth-order valence-corrected chi connectivity index (χ4v) is 2.83. The molecule has 0 spiro atoms. The first-order valence-corrected chi connectivity index (χ1v) is 7.76. The van der Waals surface area contributed by atoms with Crippen LogP contribution in [0.15, 0.2) is 12.1 Å². The van der Waals surface area contributed by atoms with E-state index in [2.05, 4.69) is 0 Å². The molecule has 0 radical (unpaired) electrons. The number of methoxy groups -OCH3 is 3. The van der Waals surface area contributed by atoms with Crippen molar-refractivity contribution in [2.24, 2.45) is 0 Å². The van der Waals surface area contributed by atoms with Gasteiger partial charge in [0, 0.05) is 19.5 Å². The van der Waals surface area contributed by atoms with E-state index < -0.39 is 0 Å². The molecule has 1 heterocycles. The van der Waals surface area contributed by atoms with Gasteiger partial charge in [-0.05, 0) is 43.4 Å². The second-order valence-corrected chi connectivity index (χ2v) is 5.48. The number of amides is 1. The Labute approximate surface area is 132 Å². The van der Waals surface area contributed by atoms with E-state index in [9.17, 15) is 4.79 Å². The number of likely N-dealkylation sites (tertiary alicyclic amines) is 1. The maximum atomic E-state index is 12.2. The van der Waals surface area contributed by atoms with Crippen LogP contribution in [-0.2, 0) is 11.2 Å². The van der Waals surface area contributed by atoms with Gasteiger partial charge in [0.25, 0.3) is 0 Å². The molecule has 1 aliphatic heterocycles. The van der Waals surface area contributed by atoms with Crippen LogP contribution in [0.1, 0.15) is 31.2 Å². The highest BCUT2D eigenvalue weighted by atomic mass is 16.5. The highest BCUT2D eigenvalue weighted by molar-refractivity contribution is 5.76. The number of aryl methyl sites for hydroxylation is 1. The maximum absolute atomic E-state index is 12.2. The van der Waals surface area contributed by atoms with Crippen molar-refractivity contribution in [2.45, 2.75) is 32.1 Å². The molecular formula is C17H25NO4. The molecule has 0 N–H and O–H groups in total. The highest BCUT2D eigenvalue weighted by Gasteiger charge is 2.17. The van der Waals surface area contributed by atoms with Gasteiger partial charge in [-0.25, -0.2) is 0 Å². The fraction of sp³-hybridized carbons (Fsp3) is 0.588. The quantitative estimate of drug-likeness (QED) is 0.810. The van der Waals surface area contributed by atoms with E-state index in [0.717, 1.165) is 31.5 Å². The summed E-state index contributed by atoms with van der Waals surface area (Å²) in [6.07, 6.45) is 4.66. The van der Waals surface area contributed by atoms with Gasteiger partial charge in [-0.2, -0.15) is 0 Å². The number of rotatable bonds is 6. The van der Waals surface area contributed by atoms with Gasteiger partial charge < -0.3 is 19.1 Å². The minimum absolute atomic E-state index is 0.230. The molecule has 5 heteroatoms. The lowest BCUT2D eigenvalue weighted by atomic mass is 10.1. The van der Waals surface area contributed by atoms with Crippen molar-refractivity contribution in [3.63, 3.8) is 0 Å². The van der Waals surface area contributed by atoms with Crippen LogP contribution in [-0.4, -0.2) is 45.2 Å². The molecule has 22 heavy (non-hydrogen) atoms. The second-order valence-electron chi connectivity index (χ2n) is 5.48. The predicted octanol–water partition coefficient (Wildman–Crippen LogP) is 2.66. The lowest BCUT2D eigenvalue weighted by Crippen LogP contribution is -2.35. The van der Waals surface area contributed by atoms with E-state index in [4.69, 9.17) is 14.2 Å². The first-order chi connectivity index (χ1) is 10.7.